The highest BCUT2D eigenvalue weighted by atomic mass is 35.5. The van der Waals surface area contributed by atoms with Crippen LogP contribution in [0, 0.1) is 0 Å². The number of hydrogen-bond donors (Lipinski definition) is 1. The van der Waals surface area contributed by atoms with Gasteiger partial charge in [0.2, 0.25) is 15.9 Å². The average molecular weight is 596 g/mol. The van der Waals surface area contributed by atoms with Gasteiger partial charge >= 0.3 is 0 Å². The van der Waals surface area contributed by atoms with Crippen molar-refractivity contribution in [2.75, 3.05) is 44.7 Å². The molecule has 0 atom stereocenters. The van der Waals surface area contributed by atoms with Crippen molar-refractivity contribution in [2.24, 2.45) is 0 Å². The molecule has 0 aromatic heterocycles. The highest BCUT2D eigenvalue weighted by molar-refractivity contribution is 7.93. The fourth-order valence-corrected chi connectivity index (χ4v) is 5.90. The summed E-state index contributed by atoms with van der Waals surface area (Å²) in [5.74, 6) is 0.169. The smallest absolute Gasteiger partial charge is 0.264 e. The molecule has 10 nitrogen and oxygen atoms in total. The van der Waals surface area contributed by atoms with Crippen LogP contribution in [0.2, 0.25) is 5.02 Å². The predicted molar refractivity (Wildman–Crippen MR) is 149 cm³/mol. The third-order valence-electron chi connectivity index (χ3n) is 5.42. The summed E-state index contributed by atoms with van der Waals surface area (Å²) in [6, 6.07) is 18.1. The van der Waals surface area contributed by atoms with Gasteiger partial charge in [0.1, 0.15) is 24.7 Å². The lowest BCUT2D eigenvalue weighted by Crippen LogP contribution is -2.42. The van der Waals surface area contributed by atoms with Gasteiger partial charge in [-0.1, -0.05) is 23.7 Å². The highest BCUT2D eigenvalue weighted by Gasteiger charge is 2.29. The number of para-hydroxylation sites is 2. The quantitative estimate of drug-likeness (QED) is 0.301. The van der Waals surface area contributed by atoms with Crippen molar-refractivity contribution in [3.63, 3.8) is 0 Å². The lowest BCUT2D eigenvalue weighted by atomic mass is 10.3. The summed E-state index contributed by atoms with van der Waals surface area (Å²) >= 11 is 5.93. The van der Waals surface area contributed by atoms with Crippen LogP contribution in [0.4, 0.5) is 5.69 Å². The van der Waals surface area contributed by atoms with Gasteiger partial charge in [0.15, 0.2) is 0 Å². The van der Waals surface area contributed by atoms with Crippen molar-refractivity contribution in [1.29, 1.82) is 0 Å². The molecule has 3 rings (SSSR count). The molecule has 0 saturated carbocycles. The van der Waals surface area contributed by atoms with Gasteiger partial charge in [-0.15, -0.1) is 0 Å². The van der Waals surface area contributed by atoms with Crippen molar-refractivity contribution in [1.82, 2.24) is 9.62 Å². The summed E-state index contributed by atoms with van der Waals surface area (Å²) in [5.41, 5.74) is 0.216. The first kappa shape index (κ1) is 30.2. The van der Waals surface area contributed by atoms with Crippen LogP contribution in [0.5, 0.6) is 11.5 Å². The Hall–Kier alpha value is -3.32. The molecule has 1 amide bonds. The average Bonchev–Trinajstić information content (AvgIpc) is 2.91. The molecule has 0 saturated heterocycles. The van der Waals surface area contributed by atoms with E-state index in [1.807, 2.05) is 0 Å². The number of halogens is 1. The first-order valence-electron chi connectivity index (χ1n) is 11.9. The monoisotopic (exact) mass is 595 g/mol. The number of hydrogen-bond acceptors (Lipinski definition) is 7. The van der Waals surface area contributed by atoms with E-state index in [1.54, 1.807) is 31.2 Å². The molecule has 3 aromatic carbocycles. The van der Waals surface area contributed by atoms with E-state index in [1.165, 1.54) is 62.6 Å². The lowest BCUT2D eigenvalue weighted by Gasteiger charge is -2.26. The van der Waals surface area contributed by atoms with Crippen molar-refractivity contribution in [3.05, 3.63) is 77.8 Å². The van der Waals surface area contributed by atoms with Gasteiger partial charge in [0.25, 0.3) is 10.0 Å². The van der Waals surface area contributed by atoms with Crippen molar-refractivity contribution in [2.45, 2.75) is 16.7 Å². The number of ether oxygens (including phenoxy) is 2. The summed E-state index contributed by atoms with van der Waals surface area (Å²) in [4.78, 5) is 12.9. The molecule has 0 aliphatic heterocycles. The van der Waals surface area contributed by atoms with E-state index in [2.05, 4.69) is 5.32 Å². The second kappa shape index (κ2) is 13.2. The van der Waals surface area contributed by atoms with E-state index in [-0.39, 0.29) is 28.6 Å². The lowest BCUT2D eigenvalue weighted by molar-refractivity contribution is -0.119. The largest absolute Gasteiger partial charge is 0.492 e. The maximum absolute atomic E-state index is 13.6. The van der Waals surface area contributed by atoms with E-state index >= 15 is 0 Å². The van der Waals surface area contributed by atoms with E-state index < -0.39 is 32.5 Å². The Kier molecular flexibility index (Phi) is 10.2. The molecule has 3 aromatic rings. The molecule has 0 spiro atoms. The molecule has 39 heavy (non-hydrogen) atoms. The summed E-state index contributed by atoms with van der Waals surface area (Å²) < 4.78 is 64.8. The molecule has 0 fully saturated rings. The minimum Gasteiger partial charge on any atom is -0.492 e. The van der Waals surface area contributed by atoms with Crippen molar-refractivity contribution in [3.8, 4) is 11.5 Å². The van der Waals surface area contributed by atoms with E-state index in [0.29, 0.717) is 23.1 Å². The third-order valence-corrected chi connectivity index (χ3v) is 9.27. The zero-order valence-corrected chi connectivity index (χ0v) is 24.1. The van der Waals surface area contributed by atoms with E-state index in [0.717, 1.165) is 8.61 Å². The highest BCUT2D eigenvalue weighted by Crippen LogP contribution is 2.32. The zero-order chi connectivity index (χ0) is 28.6. The van der Waals surface area contributed by atoms with Gasteiger partial charge in [0, 0.05) is 19.1 Å². The Bertz CT molecular complexity index is 1480. The Morgan fingerprint density at radius 3 is 2.05 bits per heavy atom. The van der Waals surface area contributed by atoms with E-state index in [9.17, 15) is 21.6 Å². The van der Waals surface area contributed by atoms with E-state index in [4.69, 9.17) is 21.1 Å². The number of nitrogens with one attached hydrogen (secondary N) is 1. The third kappa shape index (κ3) is 7.63. The second-order valence-electron chi connectivity index (χ2n) is 8.32. The minimum absolute atomic E-state index is 0.0333. The molecule has 0 radical (unpaired) electrons. The number of carbonyl (C=O) groups is 1. The Morgan fingerprint density at radius 2 is 1.44 bits per heavy atom. The van der Waals surface area contributed by atoms with Crippen molar-refractivity contribution < 1.29 is 31.1 Å². The predicted octanol–water partition coefficient (Wildman–Crippen LogP) is 3.38. The van der Waals surface area contributed by atoms with Crippen LogP contribution in [-0.2, 0) is 24.8 Å². The van der Waals surface area contributed by atoms with Gasteiger partial charge in [-0.3, -0.25) is 9.10 Å². The summed E-state index contributed by atoms with van der Waals surface area (Å²) in [6.07, 6.45) is 0. The number of amides is 1. The number of rotatable bonds is 13. The Labute approximate surface area is 234 Å². The fourth-order valence-electron chi connectivity index (χ4n) is 3.44. The summed E-state index contributed by atoms with van der Waals surface area (Å²) in [6.45, 7) is 1.73. The molecule has 0 aliphatic rings. The normalized spacial score (nSPS) is 11.7. The molecule has 0 aliphatic carbocycles. The minimum atomic E-state index is -4.15. The van der Waals surface area contributed by atoms with Crippen LogP contribution in [0.1, 0.15) is 6.92 Å². The second-order valence-corrected chi connectivity index (χ2v) is 12.8. The Morgan fingerprint density at radius 1 is 0.846 bits per heavy atom. The number of sulfonamides is 2. The molecule has 210 valence electrons. The number of nitrogens with zero attached hydrogens (tertiary/aromatic N) is 2. The molecular weight excluding hydrogens is 566 g/mol. The van der Waals surface area contributed by atoms with Crippen LogP contribution >= 0.6 is 11.6 Å². The number of carbonyl (C=O) groups excluding carboxylic acids is 1. The SMILES string of the molecule is CCOc1ccccc1N(CC(=O)NCCOc1ccc(S(=O)(=O)N(C)C)cc1)S(=O)(=O)c1ccc(Cl)cc1. The van der Waals surface area contributed by atoms with Gasteiger partial charge in [-0.2, -0.15) is 0 Å². The van der Waals surface area contributed by atoms with Gasteiger partial charge < -0.3 is 14.8 Å². The molecule has 0 unspecified atom stereocenters. The maximum Gasteiger partial charge on any atom is 0.264 e. The maximum atomic E-state index is 13.6. The standard InChI is InChI=1S/C26H30ClN3O7S2/c1-4-36-25-8-6-5-7-24(25)30(39(34,35)23-13-9-20(27)10-14-23)19-26(31)28-17-18-37-21-11-15-22(16-12-21)38(32,33)29(2)3/h5-16H,4,17-19H2,1-3H3,(H,28,31). The summed E-state index contributed by atoms with van der Waals surface area (Å²) in [7, 11) is -4.82. The molecule has 0 bridgehead atoms. The van der Waals surface area contributed by atoms with Gasteiger partial charge in [-0.25, -0.2) is 21.1 Å². The van der Waals surface area contributed by atoms with Crippen LogP contribution < -0.4 is 19.1 Å². The first-order chi connectivity index (χ1) is 18.5. The van der Waals surface area contributed by atoms with Crippen LogP contribution in [-0.4, -0.2) is 67.4 Å². The fraction of sp³-hybridized carbons (Fsp3) is 0.269. The van der Waals surface area contributed by atoms with Gasteiger partial charge in [-0.05, 0) is 67.6 Å². The van der Waals surface area contributed by atoms with Crippen LogP contribution in [0.25, 0.3) is 0 Å². The molecule has 13 heteroatoms. The number of benzene rings is 3. The topological polar surface area (TPSA) is 122 Å². The summed E-state index contributed by atoms with van der Waals surface area (Å²) in [5, 5.41) is 3.03. The van der Waals surface area contributed by atoms with Crippen LogP contribution in [0.15, 0.2) is 82.6 Å². The molecule has 1 N–H and O–H groups in total. The van der Waals surface area contributed by atoms with Gasteiger partial charge in [0.05, 0.1) is 28.6 Å². The Balaban J connectivity index is 1.70. The van der Waals surface area contributed by atoms with Crippen LogP contribution in [0.3, 0.4) is 0 Å². The molecular formula is C26H30ClN3O7S2. The molecule has 0 heterocycles. The number of anilines is 1. The first-order valence-corrected chi connectivity index (χ1v) is 15.1. The van der Waals surface area contributed by atoms with Crippen molar-refractivity contribution >= 4 is 43.2 Å². The zero-order valence-electron chi connectivity index (χ0n) is 21.7.